The number of rotatable bonds is 2. The molecule has 0 spiro atoms. The third-order valence-electron chi connectivity index (χ3n) is 4.20. The van der Waals surface area contributed by atoms with Gasteiger partial charge in [0.1, 0.15) is 13.2 Å². The molecule has 2 aliphatic rings. The summed E-state index contributed by atoms with van der Waals surface area (Å²) in [6.45, 7) is 3.86. The van der Waals surface area contributed by atoms with Crippen molar-refractivity contribution < 1.29 is 19.1 Å². The second-order valence-corrected chi connectivity index (χ2v) is 6.60. The molecule has 1 saturated heterocycles. The van der Waals surface area contributed by atoms with Crippen molar-refractivity contribution in [3.8, 4) is 11.5 Å². The number of anilines is 1. The van der Waals surface area contributed by atoms with Crippen molar-refractivity contribution in [2.24, 2.45) is 5.92 Å². The summed E-state index contributed by atoms with van der Waals surface area (Å²) in [5.41, 5.74) is 0.674. The highest BCUT2D eigenvalue weighted by molar-refractivity contribution is 9.10. The summed E-state index contributed by atoms with van der Waals surface area (Å²) in [6.07, 6.45) is 1.38. The first-order chi connectivity index (χ1) is 11.0. The molecule has 2 heterocycles. The van der Waals surface area contributed by atoms with Crippen LogP contribution in [0.3, 0.4) is 0 Å². The molecular weight excluding hydrogens is 364 g/mol. The molecule has 0 bridgehead atoms. The molecule has 1 aromatic rings. The number of hydrogen-bond acceptors (Lipinski definition) is 4. The van der Waals surface area contributed by atoms with E-state index in [4.69, 9.17) is 9.47 Å². The Morgan fingerprint density at radius 3 is 2.39 bits per heavy atom. The van der Waals surface area contributed by atoms with Crippen molar-refractivity contribution in [2.45, 2.75) is 19.8 Å². The zero-order valence-electron chi connectivity index (χ0n) is 12.9. The Morgan fingerprint density at radius 2 is 1.78 bits per heavy atom. The molecule has 1 fully saturated rings. The second kappa shape index (κ2) is 6.78. The number of carbonyl (C=O) groups excluding carboxylic acids is 2. The molecule has 0 radical (unpaired) electrons. The minimum absolute atomic E-state index is 0.0226. The van der Waals surface area contributed by atoms with Gasteiger partial charge in [-0.3, -0.25) is 9.59 Å². The summed E-state index contributed by atoms with van der Waals surface area (Å²) in [5.74, 6) is 1.28. The summed E-state index contributed by atoms with van der Waals surface area (Å²) in [6, 6.07) is 3.59. The number of likely N-dealkylation sites (tertiary alicyclic amines) is 1. The number of halogens is 1. The summed E-state index contributed by atoms with van der Waals surface area (Å²) >= 11 is 3.45. The Hall–Kier alpha value is -1.76. The van der Waals surface area contributed by atoms with Gasteiger partial charge in [0.05, 0.1) is 5.69 Å². The van der Waals surface area contributed by atoms with Gasteiger partial charge < -0.3 is 19.7 Å². The van der Waals surface area contributed by atoms with Gasteiger partial charge >= 0.3 is 0 Å². The fourth-order valence-electron chi connectivity index (χ4n) is 2.85. The van der Waals surface area contributed by atoms with Gasteiger partial charge in [0.2, 0.25) is 11.8 Å². The Bertz CT molecular complexity index is 627. The molecule has 0 unspecified atom stereocenters. The Morgan fingerprint density at radius 1 is 1.17 bits per heavy atom. The molecule has 1 aromatic carbocycles. The van der Waals surface area contributed by atoms with Crippen molar-refractivity contribution >= 4 is 33.4 Å². The van der Waals surface area contributed by atoms with Crippen LogP contribution in [-0.4, -0.2) is 43.0 Å². The van der Waals surface area contributed by atoms with Crippen LogP contribution in [0, 0.1) is 5.92 Å². The highest BCUT2D eigenvalue weighted by atomic mass is 79.9. The van der Waals surface area contributed by atoms with E-state index < -0.39 is 0 Å². The van der Waals surface area contributed by atoms with Crippen LogP contribution < -0.4 is 14.8 Å². The number of fused-ring (bicyclic) bond motifs is 1. The molecule has 0 aromatic heterocycles. The SMILES string of the molecule is CC(=O)N1CCC(C(=O)Nc2cc3c(cc2Br)OCCO3)CC1. The normalized spacial score (nSPS) is 17.7. The molecule has 1 N–H and O–H groups in total. The number of carbonyl (C=O) groups is 2. The number of amides is 2. The summed E-state index contributed by atoms with van der Waals surface area (Å²) in [4.78, 5) is 25.6. The number of piperidine rings is 1. The lowest BCUT2D eigenvalue weighted by atomic mass is 9.96. The lowest BCUT2D eigenvalue weighted by Crippen LogP contribution is -2.40. The maximum Gasteiger partial charge on any atom is 0.227 e. The standard InChI is InChI=1S/C16H19BrN2O4/c1-10(20)19-4-2-11(3-5-19)16(21)18-13-9-15-14(8-12(13)17)22-6-7-23-15/h8-9,11H,2-7H2,1H3,(H,18,21). The quantitative estimate of drug-likeness (QED) is 0.852. The topological polar surface area (TPSA) is 67.9 Å². The molecule has 3 rings (SSSR count). The molecule has 0 saturated carbocycles. The van der Waals surface area contributed by atoms with Crippen molar-refractivity contribution in [3.63, 3.8) is 0 Å². The van der Waals surface area contributed by atoms with E-state index in [1.165, 1.54) is 0 Å². The van der Waals surface area contributed by atoms with Crippen LogP contribution in [0.25, 0.3) is 0 Å². The maximum atomic E-state index is 12.5. The third-order valence-corrected chi connectivity index (χ3v) is 4.86. The van der Waals surface area contributed by atoms with Gasteiger partial charge in [-0.2, -0.15) is 0 Å². The largest absolute Gasteiger partial charge is 0.486 e. The first-order valence-electron chi connectivity index (χ1n) is 7.70. The molecule has 23 heavy (non-hydrogen) atoms. The predicted octanol–water partition coefficient (Wildman–Crippen LogP) is 2.42. The molecule has 6 nitrogen and oxygen atoms in total. The monoisotopic (exact) mass is 382 g/mol. The second-order valence-electron chi connectivity index (χ2n) is 5.75. The highest BCUT2D eigenvalue weighted by Crippen LogP contribution is 2.38. The molecule has 0 aliphatic carbocycles. The van der Waals surface area contributed by atoms with E-state index in [0.29, 0.717) is 56.3 Å². The third kappa shape index (κ3) is 3.60. The zero-order chi connectivity index (χ0) is 16.4. The molecular formula is C16H19BrN2O4. The predicted molar refractivity (Wildman–Crippen MR) is 88.7 cm³/mol. The first kappa shape index (κ1) is 16.1. The van der Waals surface area contributed by atoms with Crippen LogP contribution >= 0.6 is 15.9 Å². The van der Waals surface area contributed by atoms with Crippen LogP contribution in [0.15, 0.2) is 16.6 Å². The van der Waals surface area contributed by atoms with Crippen molar-refractivity contribution in [1.29, 1.82) is 0 Å². The molecule has 0 atom stereocenters. The summed E-state index contributed by atoms with van der Waals surface area (Å²) in [5, 5.41) is 2.95. The average Bonchev–Trinajstić information content (AvgIpc) is 2.55. The summed E-state index contributed by atoms with van der Waals surface area (Å²) in [7, 11) is 0. The highest BCUT2D eigenvalue weighted by Gasteiger charge is 2.27. The zero-order valence-corrected chi connectivity index (χ0v) is 14.5. The van der Waals surface area contributed by atoms with Crippen molar-refractivity contribution in [2.75, 3.05) is 31.6 Å². The molecule has 2 aliphatic heterocycles. The van der Waals surface area contributed by atoms with Gasteiger partial charge in [-0.05, 0) is 28.8 Å². The Labute approximate surface area is 143 Å². The van der Waals surface area contributed by atoms with E-state index >= 15 is 0 Å². The Balaban J connectivity index is 1.65. The number of benzene rings is 1. The van der Waals surface area contributed by atoms with E-state index in [9.17, 15) is 9.59 Å². The van der Waals surface area contributed by atoms with Crippen molar-refractivity contribution in [3.05, 3.63) is 16.6 Å². The summed E-state index contributed by atoms with van der Waals surface area (Å²) < 4.78 is 11.8. The molecule has 2 amide bonds. The van der Waals surface area contributed by atoms with Gasteiger partial charge in [-0.1, -0.05) is 0 Å². The van der Waals surface area contributed by atoms with Gasteiger partial charge in [-0.15, -0.1) is 0 Å². The van der Waals surface area contributed by atoms with Crippen LogP contribution in [0.2, 0.25) is 0 Å². The van der Waals surface area contributed by atoms with E-state index in [1.807, 2.05) is 6.07 Å². The smallest absolute Gasteiger partial charge is 0.227 e. The van der Waals surface area contributed by atoms with E-state index in [0.717, 1.165) is 4.47 Å². The lowest BCUT2D eigenvalue weighted by molar-refractivity contribution is -0.132. The van der Waals surface area contributed by atoms with Crippen molar-refractivity contribution in [1.82, 2.24) is 4.90 Å². The van der Waals surface area contributed by atoms with E-state index in [-0.39, 0.29) is 17.7 Å². The van der Waals surface area contributed by atoms with Gasteiger partial charge in [0.25, 0.3) is 0 Å². The minimum Gasteiger partial charge on any atom is -0.486 e. The molecule has 7 heteroatoms. The van der Waals surface area contributed by atoms with E-state index in [1.54, 1.807) is 17.9 Å². The first-order valence-corrected chi connectivity index (χ1v) is 8.49. The van der Waals surface area contributed by atoms with Crippen LogP contribution in [0.1, 0.15) is 19.8 Å². The minimum atomic E-state index is -0.0781. The van der Waals surface area contributed by atoms with Crippen LogP contribution in [-0.2, 0) is 9.59 Å². The number of ether oxygens (including phenoxy) is 2. The lowest BCUT2D eigenvalue weighted by Gasteiger charge is -2.30. The Kier molecular flexibility index (Phi) is 4.75. The number of nitrogens with zero attached hydrogens (tertiary/aromatic N) is 1. The van der Waals surface area contributed by atoms with Crippen LogP contribution in [0.5, 0.6) is 11.5 Å². The fourth-order valence-corrected chi connectivity index (χ4v) is 3.27. The molecule has 124 valence electrons. The van der Waals surface area contributed by atoms with Gasteiger partial charge in [0.15, 0.2) is 11.5 Å². The van der Waals surface area contributed by atoms with E-state index in [2.05, 4.69) is 21.2 Å². The van der Waals surface area contributed by atoms with Gasteiger partial charge in [-0.25, -0.2) is 0 Å². The maximum absolute atomic E-state index is 12.5. The number of nitrogens with one attached hydrogen (secondary N) is 1. The van der Waals surface area contributed by atoms with Gasteiger partial charge in [0, 0.05) is 42.5 Å². The van der Waals surface area contributed by atoms with Crippen LogP contribution in [0.4, 0.5) is 5.69 Å². The number of hydrogen-bond donors (Lipinski definition) is 1. The average molecular weight is 383 g/mol. The fraction of sp³-hybridized carbons (Fsp3) is 0.500.